The van der Waals surface area contributed by atoms with Crippen molar-refractivity contribution in [2.75, 3.05) is 14.2 Å². The Labute approximate surface area is 118 Å². The molecule has 0 aliphatic rings. The van der Waals surface area contributed by atoms with Crippen molar-refractivity contribution in [1.29, 1.82) is 0 Å². The predicted molar refractivity (Wildman–Crippen MR) is 81.6 cm³/mol. The van der Waals surface area contributed by atoms with Gasteiger partial charge >= 0.3 is 0 Å². The van der Waals surface area contributed by atoms with Crippen LogP contribution in [0.15, 0.2) is 30.8 Å². The third kappa shape index (κ3) is 4.58. The Morgan fingerprint density at radius 2 is 2.05 bits per heavy atom. The molecule has 3 nitrogen and oxygen atoms in total. The summed E-state index contributed by atoms with van der Waals surface area (Å²) in [5, 5.41) is 0. The summed E-state index contributed by atoms with van der Waals surface area (Å²) in [6, 6.07) is 8.28. The SMILES string of the molecule is C=Cc1cccc(C(CC)O[SiH2]C(C)(OC)OC)c1. The molecule has 0 N–H and O–H groups in total. The fourth-order valence-electron chi connectivity index (χ4n) is 1.79. The molecule has 4 heteroatoms. The van der Waals surface area contributed by atoms with E-state index in [2.05, 4.69) is 25.6 Å². The highest BCUT2D eigenvalue weighted by Crippen LogP contribution is 2.23. The van der Waals surface area contributed by atoms with Crippen molar-refractivity contribution in [3.8, 4) is 0 Å². The number of hydrogen-bond acceptors (Lipinski definition) is 3. The van der Waals surface area contributed by atoms with Crippen LogP contribution >= 0.6 is 0 Å². The number of rotatable bonds is 8. The molecule has 0 saturated carbocycles. The molecule has 0 bridgehead atoms. The lowest BCUT2D eigenvalue weighted by molar-refractivity contribution is -0.140. The minimum absolute atomic E-state index is 0.0937. The molecule has 0 amide bonds. The highest BCUT2D eigenvalue weighted by atomic mass is 28.2. The molecule has 0 aromatic heterocycles. The maximum atomic E-state index is 6.08. The average Bonchev–Trinajstić information content (AvgIpc) is 2.47. The maximum Gasteiger partial charge on any atom is 0.228 e. The van der Waals surface area contributed by atoms with E-state index in [-0.39, 0.29) is 6.10 Å². The van der Waals surface area contributed by atoms with Crippen LogP contribution in [-0.4, -0.2) is 29.4 Å². The van der Waals surface area contributed by atoms with Gasteiger partial charge in [0.2, 0.25) is 9.76 Å². The summed E-state index contributed by atoms with van der Waals surface area (Å²) in [5.41, 5.74) is 1.73. The van der Waals surface area contributed by atoms with Crippen LogP contribution in [0.5, 0.6) is 0 Å². The van der Waals surface area contributed by atoms with Crippen molar-refractivity contribution < 1.29 is 13.9 Å². The summed E-state index contributed by atoms with van der Waals surface area (Å²) in [6.45, 7) is 7.84. The third-order valence-corrected chi connectivity index (χ3v) is 4.97. The van der Waals surface area contributed by atoms with Crippen molar-refractivity contribution in [3.05, 3.63) is 42.0 Å². The Morgan fingerprint density at radius 3 is 2.58 bits per heavy atom. The number of methoxy groups -OCH3 is 2. The normalized spacial score (nSPS) is 13.9. The van der Waals surface area contributed by atoms with Gasteiger partial charge in [-0.1, -0.05) is 37.8 Å². The Morgan fingerprint density at radius 1 is 1.37 bits per heavy atom. The largest absolute Gasteiger partial charge is 0.411 e. The lowest BCUT2D eigenvalue weighted by Crippen LogP contribution is -2.39. The molecular weight excluding hydrogens is 256 g/mol. The fourth-order valence-corrected chi connectivity index (χ4v) is 2.96. The zero-order chi connectivity index (χ0) is 14.3. The van der Waals surface area contributed by atoms with Gasteiger partial charge in [0.25, 0.3) is 0 Å². The first kappa shape index (κ1) is 16.1. The Balaban J connectivity index is 2.75. The molecule has 0 aliphatic carbocycles. The molecule has 1 unspecified atom stereocenters. The van der Waals surface area contributed by atoms with Crippen LogP contribution in [-0.2, 0) is 13.9 Å². The number of ether oxygens (including phenoxy) is 2. The molecule has 106 valence electrons. The van der Waals surface area contributed by atoms with E-state index in [0.717, 1.165) is 12.0 Å². The van der Waals surface area contributed by atoms with Crippen LogP contribution in [0.4, 0.5) is 0 Å². The standard InChI is InChI=1S/C15H24O3Si/c1-6-12-9-8-10-13(11-12)14(7-2)18-19-15(3,16-4)17-5/h6,8-11,14H,1,7,19H2,2-5H3. The first-order chi connectivity index (χ1) is 9.08. The van der Waals surface area contributed by atoms with Gasteiger partial charge in [0.1, 0.15) is 0 Å². The first-order valence-electron chi connectivity index (χ1n) is 6.52. The average molecular weight is 280 g/mol. The topological polar surface area (TPSA) is 27.7 Å². The monoisotopic (exact) mass is 280 g/mol. The molecule has 0 saturated heterocycles. The van der Waals surface area contributed by atoms with Crippen LogP contribution in [0.3, 0.4) is 0 Å². The van der Waals surface area contributed by atoms with Crippen molar-refractivity contribution >= 4 is 15.8 Å². The van der Waals surface area contributed by atoms with Crippen molar-refractivity contribution in [2.24, 2.45) is 0 Å². The molecule has 0 aliphatic heterocycles. The highest BCUT2D eigenvalue weighted by Gasteiger charge is 2.26. The summed E-state index contributed by atoms with van der Waals surface area (Å²) in [5.74, 6) is 0. The second-order valence-corrected chi connectivity index (χ2v) is 6.53. The predicted octanol–water partition coefficient (Wildman–Crippen LogP) is 2.85. The van der Waals surface area contributed by atoms with Crippen LogP contribution in [0.2, 0.25) is 0 Å². The summed E-state index contributed by atoms with van der Waals surface area (Å²) in [4.78, 5) is 0. The Hall–Kier alpha value is -0.943. The minimum atomic E-state index is -0.962. The number of hydrogen-bond donors (Lipinski definition) is 0. The zero-order valence-electron chi connectivity index (χ0n) is 12.3. The number of benzene rings is 1. The van der Waals surface area contributed by atoms with E-state index in [0.29, 0.717) is 0 Å². The third-order valence-electron chi connectivity index (χ3n) is 3.30. The molecule has 1 aromatic rings. The van der Waals surface area contributed by atoms with Gasteiger partial charge in [-0.3, -0.25) is 0 Å². The van der Waals surface area contributed by atoms with Crippen LogP contribution < -0.4 is 0 Å². The van der Waals surface area contributed by atoms with Crippen molar-refractivity contribution in [3.63, 3.8) is 0 Å². The van der Waals surface area contributed by atoms with Gasteiger partial charge in [-0.05, 0) is 30.5 Å². The molecule has 0 spiro atoms. The van der Waals surface area contributed by atoms with Gasteiger partial charge in [0.15, 0.2) is 5.41 Å². The van der Waals surface area contributed by atoms with E-state index < -0.39 is 15.2 Å². The fraction of sp³-hybridized carbons (Fsp3) is 0.467. The van der Waals surface area contributed by atoms with Gasteiger partial charge in [0.05, 0.1) is 6.10 Å². The molecule has 1 rings (SSSR count). The molecular formula is C15H24O3Si. The van der Waals surface area contributed by atoms with E-state index >= 15 is 0 Å². The van der Waals surface area contributed by atoms with Gasteiger partial charge < -0.3 is 13.9 Å². The van der Waals surface area contributed by atoms with Crippen LogP contribution in [0.1, 0.15) is 37.5 Å². The van der Waals surface area contributed by atoms with Crippen molar-refractivity contribution in [2.45, 2.75) is 31.8 Å². The molecule has 1 atom stereocenters. The van der Waals surface area contributed by atoms with Gasteiger partial charge in [-0.15, -0.1) is 0 Å². The summed E-state index contributed by atoms with van der Waals surface area (Å²) >= 11 is 0. The van der Waals surface area contributed by atoms with E-state index in [1.807, 2.05) is 25.1 Å². The minimum Gasteiger partial charge on any atom is -0.411 e. The van der Waals surface area contributed by atoms with E-state index in [9.17, 15) is 0 Å². The molecule has 1 aromatic carbocycles. The quantitative estimate of drug-likeness (QED) is 0.541. The Bertz CT molecular complexity index is 402. The smallest absolute Gasteiger partial charge is 0.228 e. The zero-order valence-corrected chi connectivity index (χ0v) is 13.7. The molecule has 0 heterocycles. The van der Waals surface area contributed by atoms with Gasteiger partial charge in [-0.2, -0.15) is 0 Å². The lowest BCUT2D eigenvalue weighted by atomic mass is 10.0. The van der Waals surface area contributed by atoms with E-state index in [4.69, 9.17) is 13.9 Å². The summed E-state index contributed by atoms with van der Waals surface area (Å²) in [6.07, 6.45) is 2.87. The molecule has 19 heavy (non-hydrogen) atoms. The van der Waals surface area contributed by atoms with Gasteiger partial charge in [0, 0.05) is 14.2 Å². The Kier molecular flexibility index (Phi) is 6.44. The highest BCUT2D eigenvalue weighted by molar-refractivity contribution is 6.30. The van der Waals surface area contributed by atoms with Crippen LogP contribution in [0, 0.1) is 0 Å². The summed E-state index contributed by atoms with van der Waals surface area (Å²) < 4.78 is 16.8. The van der Waals surface area contributed by atoms with E-state index in [1.165, 1.54) is 5.56 Å². The molecule has 0 radical (unpaired) electrons. The summed E-state index contributed by atoms with van der Waals surface area (Å²) in [7, 11) is 2.34. The van der Waals surface area contributed by atoms with Crippen LogP contribution in [0.25, 0.3) is 6.08 Å². The second kappa shape index (κ2) is 7.60. The van der Waals surface area contributed by atoms with Gasteiger partial charge in [-0.25, -0.2) is 0 Å². The van der Waals surface area contributed by atoms with E-state index in [1.54, 1.807) is 14.2 Å². The maximum absolute atomic E-state index is 6.08. The molecule has 0 fully saturated rings. The second-order valence-electron chi connectivity index (χ2n) is 4.62. The lowest BCUT2D eigenvalue weighted by Gasteiger charge is -2.28. The first-order valence-corrected chi connectivity index (χ1v) is 7.81. The van der Waals surface area contributed by atoms with Crippen molar-refractivity contribution in [1.82, 2.24) is 0 Å².